The van der Waals surface area contributed by atoms with Crippen molar-refractivity contribution < 1.29 is 0 Å². The molecule has 20 heavy (non-hydrogen) atoms. The van der Waals surface area contributed by atoms with Gasteiger partial charge in [-0.1, -0.05) is 11.6 Å². The first-order valence-electron chi connectivity index (χ1n) is 7.56. The summed E-state index contributed by atoms with van der Waals surface area (Å²) in [6, 6.07) is 0. The van der Waals surface area contributed by atoms with Gasteiger partial charge in [0, 0.05) is 17.6 Å². The molecular formula is C16H23N3S. The van der Waals surface area contributed by atoms with Crippen molar-refractivity contribution in [2.24, 2.45) is 0 Å². The molecule has 0 amide bonds. The predicted octanol–water partition coefficient (Wildman–Crippen LogP) is 3.99. The molecule has 108 valence electrons. The molecule has 1 aliphatic carbocycles. The number of hydrogen-bond acceptors (Lipinski definition) is 3. The van der Waals surface area contributed by atoms with Gasteiger partial charge in [-0.3, -0.25) is 4.40 Å². The van der Waals surface area contributed by atoms with Crippen LogP contribution in [0, 0.1) is 13.8 Å². The van der Waals surface area contributed by atoms with Crippen molar-refractivity contribution in [3.05, 3.63) is 34.1 Å². The van der Waals surface area contributed by atoms with Crippen molar-refractivity contribution in [2.45, 2.75) is 52.5 Å². The molecule has 2 aromatic heterocycles. The second kappa shape index (κ2) is 6.10. The van der Waals surface area contributed by atoms with Crippen LogP contribution in [0.3, 0.4) is 0 Å². The largest absolute Gasteiger partial charge is 0.311 e. The Morgan fingerprint density at radius 1 is 1.35 bits per heavy atom. The molecule has 3 nitrogen and oxygen atoms in total. The smallest absolute Gasteiger partial charge is 0.194 e. The Labute approximate surface area is 124 Å². The summed E-state index contributed by atoms with van der Waals surface area (Å²) in [6.45, 7) is 6.23. The second-order valence-corrected chi connectivity index (χ2v) is 6.89. The molecule has 0 bridgehead atoms. The lowest BCUT2D eigenvalue weighted by Crippen LogP contribution is -2.17. The van der Waals surface area contributed by atoms with Crippen LogP contribution in [-0.4, -0.2) is 15.9 Å². The van der Waals surface area contributed by atoms with E-state index >= 15 is 0 Å². The maximum Gasteiger partial charge on any atom is 0.194 e. The molecular weight excluding hydrogens is 266 g/mol. The molecule has 2 heterocycles. The molecule has 0 fully saturated rings. The van der Waals surface area contributed by atoms with E-state index in [0.29, 0.717) is 0 Å². The van der Waals surface area contributed by atoms with E-state index in [9.17, 15) is 0 Å². The Balaban J connectivity index is 1.56. The van der Waals surface area contributed by atoms with Crippen LogP contribution in [0.25, 0.3) is 4.96 Å². The Bertz CT molecular complexity index is 621. The Hall–Kier alpha value is -1.13. The van der Waals surface area contributed by atoms with E-state index in [4.69, 9.17) is 0 Å². The molecule has 1 N–H and O–H groups in total. The summed E-state index contributed by atoms with van der Waals surface area (Å²) < 4.78 is 2.24. The van der Waals surface area contributed by atoms with Crippen molar-refractivity contribution in [3.63, 3.8) is 0 Å². The molecule has 0 aromatic carbocycles. The standard InChI is InChI=1S/C16H23N3S/c1-12-11-19-15(13(2)18-16(19)20-12)10-17-9-8-14-6-4-3-5-7-14/h6,11,17H,3-5,7-10H2,1-2H3. The Morgan fingerprint density at radius 2 is 2.25 bits per heavy atom. The van der Waals surface area contributed by atoms with Crippen molar-refractivity contribution in [3.8, 4) is 0 Å². The van der Waals surface area contributed by atoms with Gasteiger partial charge in [0.2, 0.25) is 0 Å². The van der Waals surface area contributed by atoms with Crippen LogP contribution in [0.4, 0.5) is 0 Å². The highest BCUT2D eigenvalue weighted by Gasteiger charge is 2.10. The first-order valence-corrected chi connectivity index (χ1v) is 8.38. The van der Waals surface area contributed by atoms with Gasteiger partial charge in [0.25, 0.3) is 0 Å². The van der Waals surface area contributed by atoms with E-state index in [1.807, 2.05) is 0 Å². The summed E-state index contributed by atoms with van der Waals surface area (Å²) in [5.41, 5.74) is 4.10. The van der Waals surface area contributed by atoms with E-state index in [2.05, 4.69) is 40.8 Å². The zero-order valence-electron chi connectivity index (χ0n) is 12.4. The van der Waals surface area contributed by atoms with Gasteiger partial charge in [0.15, 0.2) is 4.96 Å². The Kier molecular flexibility index (Phi) is 4.22. The van der Waals surface area contributed by atoms with Crippen molar-refractivity contribution in [1.82, 2.24) is 14.7 Å². The molecule has 0 spiro atoms. The zero-order valence-corrected chi connectivity index (χ0v) is 13.2. The molecule has 3 rings (SSSR count). The van der Waals surface area contributed by atoms with Gasteiger partial charge >= 0.3 is 0 Å². The first kappa shape index (κ1) is 13.8. The second-order valence-electron chi connectivity index (χ2n) is 5.67. The summed E-state index contributed by atoms with van der Waals surface area (Å²) in [7, 11) is 0. The minimum Gasteiger partial charge on any atom is -0.311 e. The van der Waals surface area contributed by atoms with Crippen LogP contribution in [0.2, 0.25) is 0 Å². The number of nitrogens with zero attached hydrogens (tertiary/aromatic N) is 2. The average molecular weight is 289 g/mol. The van der Waals surface area contributed by atoms with Crippen molar-refractivity contribution >= 4 is 16.3 Å². The summed E-state index contributed by atoms with van der Waals surface area (Å²) in [4.78, 5) is 7.07. The Morgan fingerprint density at radius 3 is 3.05 bits per heavy atom. The molecule has 0 saturated heterocycles. The van der Waals surface area contributed by atoms with Crippen molar-refractivity contribution in [2.75, 3.05) is 6.54 Å². The lowest BCUT2D eigenvalue weighted by molar-refractivity contribution is 0.625. The SMILES string of the molecule is Cc1cn2c(CNCCC3=CCCCC3)c(C)nc2s1. The zero-order chi connectivity index (χ0) is 13.9. The number of imidazole rings is 1. The lowest BCUT2D eigenvalue weighted by atomic mass is 9.97. The van der Waals surface area contributed by atoms with Crippen LogP contribution in [-0.2, 0) is 6.54 Å². The number of rotatable bonds is 5. The fourth-order valence-electron chi connectivity index (χ4n) is 2.91. The fourth-order valence-corrected chi connectivity index (χ4v) is 3.80. The molecule has 2 aromatic rings. The van der Waals surface area contributed by atoms with Gasteiger partial charge in [0.05, 0.1) is 11.4 Å². The lowest BCUT2D eigenvalue weighted by Gasteiger charge is -2.12. The van der Waals surface area contributed by atoms with Gasteiger partial charge in [-0.2, -0.15) is 0 Å². The normalized spacial score (nSPS) is 15.8. The van der Waals surface area contributed by atoms with Gasteiger partial charge in [-0.05, 0) is 52.5 Å². The van der Waals surface area contributed by atoms with Crippen LogP contribution in [0.5, 0.6) is 0 Å². The maximum atomic E-state index is 4.63. The molecule has 0 unspecified atom stereocenters. The van der Waals surface area contributed by atoms with E-state index < -0.39 is 0 Å². The number of allylic oxidation sites excluding steroid dienone is 1. The van der Waals surface area contributed by atoms with Crippen LogP contribution >= 0.6 is 11.3 Å². The first-order chi connectivity index (χ1) is 9.74. The van der Waals surface area contributed by atoms with E-state index in [1.165, 1.54) is 42.7 Å². The van der Waals surface area contributed by atoms with Crippen LogP contribution in [0.15, 0.2) is 17.8 Å². The highest BCUT2D eigenvalue weighted by Crippen LogP contribution is 2.21. The highest BCUT2D eigenvalue weighted by atomic mass is 32.1. The van der Waals surface area contributed by atoms with Crippen LogP contribution < -0.4 is 5.32 Å². The number of aromatic nitrogens is 2. The molecule has 0 saturated carbocycles. The van der Waals surface area contributed by atoms with Crippen LogP contribution in [0.1, 0.15) is 48.4 Å². The number of fused-ring (bicyclic) bond motifs is 1. The monoisotopic (exact) mass is 289 g/mol. The number of aryl methyl sites for hydroxylation is 2. The third kappa shape index (κ3) is 2.96. The molecule has 1 aliphatic rings. The van der Waals surface area contributed by atoms with E-state index in [-0.39, 0.29) is 0 Å². The number of thiazole rings is 1. The van der Waals surface area contributed by atoms with Gasteiger partial charge in [-0.25, -0.2) is 4.98 Å². The molecule has 0 aliphatic heterocycles. The summed E-state index contributed by atoms with van der Waals surface area (Å²) in [5, 5.41) is 3.58. The van der Waals surface area contributed by atoms with Crippen molar-refractivity contribution in [1.29, 1.82) is 0 Å². The third-order valence-electron chi connectivity index (χ3n) is 4.04. The quantitative estimate of drug-likeness (QED) is 0.666. The fraction of sp³-hybridized carbons (Fsp3) is 0.562. The summed E-state index contributed by atoms with van der Waals surface area (Å²) >= 11 is 1.76. The molecule has 0 radical (unpaired) electrons. The topological polar surface area (TPSA) is 29.3 Å². The van der Waals surface area contributed by atoms with E-state index in [0.717, 1.165) is 23.7 Å². The average Bonchev–Trinajstić information content (AvgIpc) is 2.92. The highest BCUT2D eigenvalue weighted by molar-refractivity contribution is 7.17. The number of hydrogen-bond donors (Lipinski definition) is 1. The molecule has 4 heteroatoms. The minimum atomic E-state index is 0.913. The van der Waals surface area contributed by atoms with Gasteiger partial charge < -0.3 is 5.32 Å². The van der Waals surface area contributed by atoms with E-state index in [1.54, 1.807) is 16.9 Å². The predicted molar refractivity (Wildman–Crippen MR) is 85.4 cm³/mol. The summed E-state index contributed by atoms with van der Waals surface area (Å²) in [6.07, 6.45) is 11.2. The van der Waals surface area contributed by atoms with Gasteiger partial charge in [-0.15, -0.1) is 11.3 Å². The number of nitrogens with one attached hydrogen (secondary N) is 1. The minimum absolute atomic E-state index is 0.913. The third-order valence-corrected chi connectivity index (χ3v) is 4.94. The molecule has 0 atom stereocenters. The summed E-state index contributed by atoms with van der Waals surface area (Å²) in [5.74, 6) is 0. The van der Waals surface area contributed by atoms with Gasteiger partial charge in [0.1, 0.15) is 0 Å². The maximum absolute atomic E-state index is 4.63.